The molecule has 0 atom stereocenters. The lowest BCUT2D eigenvalue weighted by Gasteiger charge is -2.02. The average molecular weight is 207 g/mol. The molecule has 4 nitrogen and oxygen atoms in total. The van der Waals surface area contributed by atoms with Crippen molar-refractivity contribution in [1.29, 1.82) is 0 Å². The van der Waals surface area contributed by atoms with Crippen molar-refractivity contribution in [2.75, 3.05) is 6.54 Å². The van der Waals surface area contributed by atoms with Gasteiger partial charge in [0.25, 0.3) is 5.91 Å². The van der Waals surface area contributed by atoms with E-state index in [9.17, 15) is 4.79 Å². The van der Waals surface area contributed by atoms with Gasteiger partial charge in [-0.25, -0.2) is 0 Å². The number of nitrogens with zero attached hydrogens (tertiary/aromatic N) is 1. The third-order valence-electron chi connectivity index (χ3n) is 2.84. The summed E-state index contributed by atoms with van der Waals surface area (Å²) in [5.74, 6) is -0.0251. The quantitative estimate of drug-likeness (QED) is 0.734. The molecule has 1 aliphatic rings. The van der Waals surface area contributed by atoms with Crippen LogP contribution in [0.4, 0.5) is 0 Å². The molecule has 1 aromatic heterocycles. The van der Waals surface area contributed by atoms with Crippen molar-refractivity contribution >= 4 is 5.91 Å². The number of unbranched alkanes of at least 4 members (excludes halogenated alkanes) is 1. The van der Waals surface area contributed by atoms with Gasteiger partial charge in [0.2, 0.25) is 0 Å². The van der Waals surface area contributed by atoms with E-state index in [2.05, 4.69) is 22.4 Å². The van der Waals surface area contributed by atoms with E-state index in [0.29, 0.717) is 5.69 Å². The minimum atomic E-state index is -0.0251. The number of fused-ring (bicyclic) bond motifs is 1. The lowest BCUT2D eigenvalue weighted by atomic mass is 10.2. The van der Waals surface area contributed by atoms with Gasteiger partial charge in [-0.15, -0.1) is 0 Å². The van der Waals surface area contributed by atoms with Crippen LogP contribution in [0.25, 0.3) is 0 Å². The minimum Gasteiger partial charge on any atom is -0.351 e. The zero-order valence-corrected chi connectivity index (χ0v) is 9.10. The maximum Gasteiger partial charge on any atom is 0.272 e. The van der Waals surface area contributed by atoms with Crippen LogP contribution in [0, 0.1) is 0 Å². The number of rotatable bonds is 4. The number of aromatic amines is 1. The van der Waals surface area contributed by atoms with Crippen molar-refractivity contribution in [3.63, 3.8) is 0 Å². The first-order chi connectivity index (χ1) is 7.33. The number of hydrogen-bond acceptors (Lipinski definition) is 2. The molecule has 0 unspecified atom stereocenters. The summed E-state index contributed by atoms with van der Waals surface area (Å²) >= 11 is 0. The molecule has 0 saturated heterocycles. The van der Waals surface area contributed by atoms with Crippen LogP contribution in [0.5, 0.6) is 0 Å². The second kappa shape index (κ2) is 4.47. The monoisotopic (exact) mass is 207 g/mol. The number of aromatic nitrogens is 2. The summed E-state index contributed by atoms with van der Waals surface area (Å²) in [5.41, 5.74) is 2.89. The molecule has 2 rings (SSSR count). The van der Waals surface area contributed by atoms with Crippen LogP contribution in [0.3, 0.4) is 0 Å². The Bertz CT molecular complexity index is 357. The smallest absolute Gasteiger partial charge is 0.272 e. The predicted octanol–water partition coefficient (Wildman–Crippen LogP) is 1.43. The predicted molar refractivity (Wildman–Crippen MR) is 57.9 cm³/mol. The summed E-state index contributed by atoms with van der Waals surface area (Å²) in [5, 5.41) is 9.92. The van der Waals surface area contributed by atoms with Gasteiger partial charge in [0.05, 0.1) is 0 Å². The normalized spacial score (nSPS) is 13.9. The molecule has 0 aromatic carbocycles. The Morgan fingerprint density at radius 3 is 3.20 bits per heavy atom. The Morgan fingerprint density at radius 1 is 1.53 bits per heavy atom. The van der Waals surface area contributed by atoms with Crippen molar-refractivity contribution < 1.29 is 4.79 Å². The summed E-state index contributed by atoms with van der Waals surface area (Å²) in [4.78, 5) is 11.7. The van der Waals surface area contributed by atoms with Crippen LogP contribution in [-0.4, -0.2) is 22.6 Å². The molecule has 0 fully saturated rings. The van der Waals surface area contributed by atoms with Crippen LogP contribution in [0.15, 0.2) is 0 Å². The van der Waals surface area contributed by atoms with Gasteiger partial charge in [0.1, 0.15) is 0 Å². The first-order valence-electron chi connectivity index (χ1n) is 5.67. The van der Waals surface area contributed by atoms with Crippen molar-refractivity contribution in [2.24, 2.45) is 0 Å². The highest BCUT2D eigenvalue weighted by Gasteiger charge is 2.22. The Morgan fingerprint density at radius 2 is 2.40 bits per heavy atom. The molecule has 0 bridgehead atoms. The minimum absolute atomic E-state index is 0.0251. The van der Waals surface area contributed by atoms with Crippen LogP contribution in [0.1, 0.15) is 47.9 Å². The number of hydrogen-bond donors (Lipinski definition) is 2. The topological polar surface area (TPSA) is 57.8 Å². The zero-order valence-electron chi connectivity index (χ0n) is 9.10. The van der Waals surface area contributed by atoms with E-state index in [1.165, 1.54) is 0 Å². The fraction of sp³-hybridized carbons (Fsp3) is 0.636. The highest BCUT2D eigenvalue weighted by atomic mass is 16.1. The molecule has 1 heterocycles. The average Bonchev–Trinajstić information content (AvgIpc) is 2.78. The molecule has 0 aliphatic heterocycles. The first-order valence-corrected chi connectivity index (χ1v) is 5.67. The van der Waals surface area contributed by atoms with E-state index < -0.39 is 0 Å². The van der Waals surface area contributed by atoms with Gasteiger partial charge >= 0.3 is 0 Å². The Hall–Kier alpha value is -1.32. The Kier molecular flexibility index (Phi) is 3.04. The highest BCUT2D eigenvalue weighted by Crippen LogP contribution is 2.22. The van der Waals surface area contributed by atoms with E-state index in [0.717, 1.165) is 49.9 Å². The lowest BCUT2D eigenvalue weighted by Crippen LogP contribution is -2.25. The molecule has 1 amide bonds. The van der Waals surface area contributed by atoms with Gasteiger partial charge in [-0.3, -0.25) is 9.89 Å². The summed E-state index contributed by atoms with van der Waals surface area (Å²) in [7, 11) is 0. The van der Waals surface area contributed by atoms with Crippen molar-refractivity contribution in [2.45, 2.75) is 39.0 Å². The summed E-state index contributed by atoms with van der Waals surface area (Å²) < 4.78 is 0. The lowest BCUT2D eigenvalue weighted by molar-refractivity contribution is 0.0947. The van der Waals surface area contributed by atoms with Gasteiger partial charge < -0.3 is 5.32 Å². The first kappa shape index (κ1) is 10.2. The molecule has 2 N–H and O–H groups in total. The zero-order chi connectivity index (χ0) is 10.7. The number of H-pyrrole nitrogens is 1. The molecule has 0 spiro atoms. The summed E-state index contributed by atoms with van der Waals surface area (Å²) in [6, 6.07) is 0. The third kappa shape index (κ3) is 2.03. The number of carbonyl (C=O) groups excluding carboxylic acids is 1. The van der Waals surface area contributed by atoms with E-state index in [1.807, 2.05) is 0 Å². The van der Waals surface area contributed by atoms with Gasteiger partial charge in [-0.2, -0.15) is 5.10 Å². The molecule has 1 aliphatic carbocycles. The number of nitrogens with one attached hydrogen (secondary N) is 2. The Balaban J connectivity index is 2.00. The molecule has 4 heteroatoms. The molecular weight excluding hydrogens is 190 g/mol. The van der Waals surface area contributed by atoms with Gasteiger partial charge in [0.15, 0.2) is 5.69 Å². The van der Waals surface area contributed by atoms with Gasteiger partial charge in [-0.1, -0.05) is 13.3 Å². The second-order valence-corrected chi connectivity index (χ2v) is 3.99. The molecule has 82 valence electrons. The molecular formula is C11H17N3O. The standard InChI is InChI=1S/C11H17N3O/c1-2-3-7-12-11(15)10-8-5-4-6-9(8)13-14-10/h2-7H2,1H3,(H,12,15)(H,13,14). The van der Waals surface area contributed by atoms with Crippen molar-refractivity contribution in [3.05, 3.63) is 17.0 Å². The van der Waals surface area contributed by atoms with Crippen molar-refractivity contribution in [1.82, 2.24) is 15.5 Å². The number of carbonyl (C=O) groups is 1. The van der Waals surface area contributed by atoms with Crippen LogP contribution in [0.2, 0.25) is 0 Å². The summed E-state index contributed by atoms with van der Waals surface area (Å²) in [6.45, 7) is 2.86. The van der Waals surface area contributed by atoms with Crippen LogP contribution < -0.4 is 5.32 Å². The van der Waals surface area contributed by atoms with E-state index in [-0.39, 0.29) is 5.91 Å². The molecule has 0 saturated carbocycles. The van der Waals surface area contributed by atoms with E-state index >= 15 is 0 Å². The summed E-state index contributed by atoms with van der Waals surface area (Å²) in [6.07, 6.45) is 5.28. The highest BCUT2D eigenvalue weighted by molar-refractivity contribution is 5.94. The van der Waals surface area contributed by atoms with Crippen LogP contribution in [-0.2, 0) is 12.8 Å². The van der Waals surface area contributed by atoms with Crippen molar-refractivity contribution in [3.8, 4) is 0 Å². The van der Waals surface area contributed by atoms with Gasteiger partial charge in [-0.05, 0) is 25.7 Å². The van der Waals surface area contributed by atoms with Gasteiger partial charge in [0, 0.05) is 17.8 Å². The fourth-order valence-electron chi connectivity index (χ4n) is 1.97. The second-order valence-electron chi connectivity index (χ2n) is 3.99. The van der Waals surface area contributed by atoms with Crippen LogP contribution >= 0.6 is 0 Å². The molecule has 15 heavy (non-hydrogen) atoms. The van der Waals surface area contributed by atoms with E-state index in [1.54, 1.807) is 0 Å². The largest absolute Gasteiger partial charge is 0.351 e. The Labute approximate surface area is 89.5 Å². The maximum atomic E-state index is 11.7. The SMILES string of the molecule is CCCCNC(=O)c1n[nH]c2c1CCC2. The van der Waals surface area contributed by atoms with E-state index in [4.69, 9.17) is 0 Å². The molecule has 0 radical (unpaired) electrons. The number of amides is 1. The number of aryl methyl sites for hydroxylation is 1. The fourth-order valence-corrected chi connectivity index (χ4v) is 1.97. The third-order valence-corrected chi connectivity index (χ3v) is 2.84. The molecule has 1 aromatic rings. The maximum absolute atomic E-state index is 11.7.